The highest BCUT2D eigenvalue weighted by Gasteiger charge is 2.39. The number of carbonyl (C=O) groups excluding carboxylic acids is 2. The smallest absolute Gasteiger partial charge is 0.242 e. The molecule has 0 spiro atoms. The van der Waals surface area contributed by atoms with Crippen molar-refractivity contribution in [2.75, 3.05) is 32.5 Å². The predicted octanol–water partition coefficient (Wildman–Crippen LogP) is 3.03. The SMILES string of the molecule is Cc1cccc(C)c1N=C1S[C@H](CC(=O)Nc2c(C)cccc2C)C(=O)N1CC[NH+](C)C. The van der Waals surface area contributed by atoms with E-state index in [2.05, 4.69) is 19.4 Å². The van der Waals surface area contributed by atoms with Gasteiger partial charge in [-0.2, -0.15) is 0 Å². The van der Waals surface area contributed by atoms with Crippen molar-refractivity contribution in [1.82, 2.24) is 4.90 Å². The van der Waals surface area contributed by atoms with Crippen molar-refractivity contribution in [2.24, 2.45) is 4.99 Å². The molecule has 0 unspecified atom stereocenters. The van der Waals surface area contributed by atoms with Gasteiger partial charge in [-0.1, -0.05) is 48.2 Å². The summed E-state index contributed by atoms with van der Waals surface area (Å²) < 4.78 is 0. The molecular weight excluding hydrogens is 420 g/mol. The number of hydrogen-bond acceptors (Lipinski definition) is 4. The number of amidine groups is 1. The normalized spacial score (nSPS) is 17.5. The lowest BCUT2D eigenvalue weighted by molar-refractivity contribution is -0.857. The number of para-hydroxylation sites is 2. The van der Waals surface area contributed by atoms with Gasteiger partial charge in [-0.05, 0) is 49.9 Å². The number of rotatable bonds is 7. The van der Waals surface area contributed by atoms with Crippen LogP contribution >= 0.6 is 11.8 Å². The molecule has 0 aromatic heterocycles. The summed E-state index contributed by atoms with van der Waals surface area (Å²) in [7, 11) is 4.12. The molecule has 0 bridgehead atoms. The summed E-state index contributed by atoms with van der Waals surface area (Å²) in [5.41, 5.74) is 5.88. The third-order valence-electron chi connectivity index (χ3n) is 5.62. The van der Waals surface area contributed by atoms with Crippen LogP contribution in [0.4, 0.5) is 11.4 Å². The minimum Gasteiger partial charge on any atom is -0.338 e. The van der Waals surface area contributed by atoms with Crippen LogP contribution in [0.1, 0.15) is 28.7 Å². The van der Waals surface area contributed by atoms with E-state index in [4.69, 9.17) is 4.99 Å². The predicted molar refractivity (Wildman–Crippen MR) is 133 cm³/mol. The number of likely N-dealkylation sites (N-methyl/N-ethyl adjacent to an activating group) is 1. The maximum atomic E-state index is 13.2. The van der Waals surface area contributed by atoms with Gasteiger partial charge in [-0.25, -0.2) is 4.99 Å². The lowest BCUT2D eigenvalue weighted by Crippen LogP contribution is -3.06. The number of nitrogens with one attached hydrogen (secondary N) is 2. The first-order valence-electron chi connectivity index (χ1n) is 11.0. The summed E-state index contributed by atoms with van der Waals surface area (Å²) in [5.74, 6) is -0.197. The summed E-state index contributed by atoms with van der Waals surface area (Å²) in [6, 6.07) is 12.0. The molecule has 2 amide bonds. The second-order valence-electron chi connectivity index (χ2n) is 8.71. The molecule has 0 aliphatic carbocycles. The van der Waals surface area contributed by atoms with Gasteiger partial charge in [0, 0.05) is 12.1 Å². The van der Waals surface area contributed by atoms with Gasteiger partial charge in [-0.15, -0.1) is 0 Å². The third-order valence-corrected chi connectivity index (χ3v) is 6.79. The number of aliphatic imine (C=N–C) groups is 1. The van der Waals surface area contributed by atoms with E-state index in [0.29, 0.717) is 11.7 Å². The summed E-state index contributed by atoms with van der Waals surface area (Å²) in [4.78, 5) is 34.0. The molecule has 170 valence electrons. The number of hydrogen-bond donors (Lipinski definition) is 2. The van der Waals surface area contributed by atoms with Crippen molar-refractivity contribution >= 4 is 40.1 Å². The van der Waals surface area contributed by atoms with E-state index in [1.807, 2.05) is 64.1 Å². The van der Waals surface area contributed by atoms with Crippen LogP contribution in [0, 0.1) is 27.7 Å². The Balaban J connectivity index is 1.82. The number of nitrogens with zero attached hydrogens (tertiary/aromatic N) is 2. The van der Waals surface area contributed by atoms with E-state index < -0.39 is 5.25 Å². The maximum Gasteiger partial charge on any atom is 0.242 e. The Kier molecular flexibility index (Phi) is 7.74. The van der Waals surface area contributed by atoms with Gasteiger partial charge in [0.05, 0.1) is 32.9 Å². The zero-order valence-electron chi connectivity index (χ0n) is 19.8. The number of carbonyl (C=O) groups is 2. The highest BCUT2D eigenvalue weighted by Crippen LogP contribution is 2.33. The number of anilines is 1. The number of quaternary nitrogens is 1. The minimum atomic E-state index is -0.473. The molecule has 2 aromatic rings. The molecule has 1 aliphatic heterocycles. The Morgan fingerprint density at radius 3 is 2.16 bits per heavy atom. The molecule has 0 radical (unpaired) electrons. The average molecular weight is 454 g/mol. The first-order valence-corrected chi connectivity index (χ1v) is 11.8. The Bertz CT molecular complexity index is 1010. The van der Waals surface area contributed by atoms with Crippen LogP contribution in [-0.2, 0) is 9.59 Å². The molecule has 32 heavy (non-hydrogen) atoms. The van der Waals surface area contributed by atoms with Gasteiger partial charge in [0.2, 0.25) is 11.8 Å². The second kappa shape index (κ2) is 10.3. The van der Waals surface area contributed by atoms with Crippen LogP contribution < -0.4 is 10.2 Å². The van der Waals surface area contributed by atoms with Gasteiger partial charge < -0.3 is 10.2 Å². The lowest BCUT2D eigenvalue weighted by atomic mass is 10.1. The monoisotopic (exact) mass is 453 g/mol. The third kappa shape index (κ3) is 5.58. The quantitative estimate of drug-likeness (QED) is 0.677. The highest BCUT2D eigenvalue weighted by atomic mass is 32.2. The van der Waals surface area contributed by atoms with Gasteiger partial charge in [0.1, 0.15) is 5.25 Å². The molecule has 2 aromatic carbocycles. The molecule has 1 fully saturated rings. The topological polar surface area (TPSA) is 66.2 Å². The minimum absolute atomic E-state index is 0.0436. The molecule has 1 aliphatic rings. The van der Waals surface area contributed by atoms with E-state index in [0.717, 1.165) is 40.2 Å². The van der Waals surface area contributed by atoms with Crippen molar-refractivity contribution < 1.29 is 14.5 Å². The van der Waals surface area contributed by atoms with Crippen LogP contribution in [0.2, 0.25) is 0 Å². The summed E-state index contributed by atoms with van der Waals surface area (Å²) in [6.45, 7) is 9.37. The number of amides is 2. The van der Waals surface area contributed by atoms with E-state index in [-0.39, 0.29) is 18.2 Å². The first kappa shape index (κ1) is 24.0. The van der Waals surface area contributed by atoms with Crippen molar-refractivity contribution in [3.05, 3.63) is 58.7 Å². The number of thioether (sulfide) groups is 1. The Hall–Kier alpha value is -2.64. The Morgan fingerprint density at radius 1 is 1.03 bits per heavy atom. The molecule has 1 atom stereocenters. The van der Waals surface area contributed by atoms with Crippen molar-refractivity contribution in [2.45, 2.75) is 39.4 Å². The summed E-state index contributed by atoms with van der Waals surface area (Å²) in [5, 5.41) is 3.21. The Labute approximate surface area is 195 Å². The van der Waals surface area contributed by atoms with Gasteiger partial charge in [0.25, 0.3) is 0 Å². The van der Waals surface area contributed by atoms with Crippen LogP contribution in [0.15, 0.2) is 41.4 Å². The fourth-order valence-corrected chi connectivity index (χ4v) is 4.88. The van der Waals surface area contributed by atoms with Crippen LogP contribution in [-0.4, -0.2) is 54.3 Å². The van der Waals surface area contributed by atoms with Crippen LogP contribution in [0.25, 0.3) is 0 Å². The fraction of sp³-hybridized carbons (Fsp3) is 0.400. The Morgan fingerprint density at radius 2 is 1.59 bits per heavy atom. The standard InChI is InChI=1S/C25H32N4O2S/c1-16-9-7-10-17(2)22(16)26-21(30)15-20-24(31)29(14-13-28(5)6)25(32-20)27-23-18(3)11-8-12-19(23)4/h7-12,20H,13-15H2,1-6H3,(H,26,30)/p+1/t20-/m1/s1. The fourth-order valence-electron chi connectivity index (χ4n) is 3.71. The average Bonchev–Trinajstić information content (AvgIpc) is 3.00. The molecule has 7 heteroatoms. The van der Waals surface area contributed by atoms with Crippen molar-refractivity contribution in [3.63, 3.8) is 0 Å². The second-order valence-corrected chi connectivity index (χ2v) is 9.88. The summed E-state index contributed by atoms with van der Waals surface area (Å²) >= 11 is 1.39. The molecule has 6 nitrogen and oxygen atoms in total. The molecule has 1 heterocycles. The highest BCUT2D eigenvalue weighted by molar-refractivity contribution is 8.15. The molecule has 3 rings (SSSR count). The largest absolute Gasteiger partial charge is 0.338 e. The van der Waals surface area contributed by atoms with Crippen molar-refractivity contribution in [3.8, 4) is 0 Å². The van der Waals surface area contributed by atoms with E-state index >= 15 is 0 Å². The van der Waals surface area contributed by atoms with Crippen LogP contribution in [0.5, 0.6) is 0 Å². The molecule has 1 saturated heterocycles. The number of aryl methyl sites for hydroxylation is 4. The van der Waals surface area contributed by atoms with E-state index in [1.54, 1.807) is 4.90 Å². The van der Waals surface area contributed by atoms with E-state index in [1.165, 1.54) is 16.7 Å². The molecular formula is C25H33N4O2S+. The zero-order chi connectivity index (χ0) is 23.4. The van der Waals surface area contributed by atoms with E-state index in [9.17, 15) is 9.59 Å². The molecule has 0 saturated carbocycles. The first-order chi connectivity index (χ1) is 15.2. The zero-order valence-corrected chi connectivity index (χ0v) is 20.6. The van der Waals surface area contributed by atoms with Gasteiger partial charge in [0.15, 0.2) is 5.17 Å². The molecule has 2 N–H and O–H groups in total. The van der Waals surface area contributed by atoms with Gasteiger partial charge >= 0.3 is 0 Å². The van der Waals surface area contributed by atoms with Gasteiger partial charge in [-0.3, -0.25) is 14.5 Å². The number of benzene rings is 2. The maximum absolute atomic E-state index is 13.2. The van der Waals surface area contributed by atoms with Crippen LogP contribution in [0.3, 0.4) is 0 Å². The summed E-state index contributed by atoms with van der Waals surface area (Å²) in [6.07, 6.45) is 0.119. The van der Waals surface area contributed by atoms with Crippen molar-refractivity contribution in [1.29, 1.82) is 0 Å². The lowest BCUT2D eigenvalue weighted by Gasteiger charge is -2.18.